The quantitative estimate of drug-likeness (QED) is 0.859. The number of anilines is 1. The molecule has 20 heavy (non-hydrogen) atoms. The fourth-order valence-electron chi connectivity index (χ4n) is 2.54. The molecule has 0 radical (unpaired) electrons. The summed E-state index contributed by atoms with van der Waals surface area (Å²) in [4.78, 5) is 0. The van der Waals surface area contributed by atoms with Gasteiger partial charge in [-0.1, -0.05) is 5.10 Å². The number of nitrogens with one attached hydrogen (secondary N) is 2. The third kappa shape index (κ3) is 3.49. The SMILES string of the molecule is CC(C)(C)NCc1nnc(NC2CCOC2C2CC2)o1. The van der Waals surface area contributed by atoms with Crippen LogP contribution in [0.1, 0.15) is 45.9 Å². The van der Waals surface area contributed by atoms with Gasteiger partial charge >= 0.3 is 6.01 Å². The number of rotatable bonds is 5. The summed E-state index contributed by atoms with van der Waals surface area (Å²) in [5.41, 5.74) is 0.0401. The molecular formula is C14H24N4O2. The minimum absolute atomic E-state index is 0.0401. The van der Waals surface area contributed by atoms with Crippen molar-refractivity contribution in [3.8, 4) is 0 Å². The fourth-order valence-corrected chi connectivity index (χ4v) is 2.54. The zero-order chi connectivity index (χ0) is 14.2. The lowest BCUT2D eigenvalue weighted by atomic mass is 10.1. The summed E-state index contributed by atoms with van der Waals surface area (Å²) >= 11 is 0. The van der Waals surface area contributed by atoms with Crippen molar-refractivity contribution in [2.24, 2.45) is 5.92 Å². The normalized spacial score (nSPS) is 26.9. The topological polar surface area (TPSA) is 72.2 Å². The Morgan fingerprint density at radius 2 is 2.00 bits per heavy atom. The molecule has 2 heterocycles. The Kier molecular flexibility index (Phi) is 3.69. The lowest BCUT2D eigenvalue weighted by molar-refractivity contribution is 0.0895. The number of hydrogen-bond donors (Lipinski definition) is 2. The summed E-state index contributed by atoms with van der Waals surface area (Å²) in [6.45, 7) is 7.74. The summed E-state index contributed by atoms with van der Waals surface area (Å²) in [5.74, 6) is 1.34. The van der Waals surface area contributed by atoms with Gasteiger partial charge in [0.25, 0.3) is 0 Å². The van der Waals surface area contributed by atoms with E-state index in [9.17, 15) is 0 Å². The van der Waals surface area contributed by atoms with Gasteiger partial charge in [0, 0.05) is 12.1 Å². The standard InChI is InChI=1S/C14H24N4O2/c1-14(2,3)15-8-11-17-18-13(20-11)16-10-6-7-19-12(10)9-4-5-9/h9-10,12,15H,4-8H2,1-3H3,(H,16,18). The van der Waals surface area contributed by atoms with E-state index in [0.29, 0.717) is 30.6 Å². The largest absolute Gasteiger partial charge is 0.407 e. The second-order valence-corrected chi connectivity index (χ2v) is 6.82. The Morgan fingerprint density at radius 1 is 1.20 bits per heavy atom. The Morgan fingerprint density at radius 3 is 2.70 bits per heavy atom. The fraction of sp³-hybridized carbons (Fsp3) is 0.857. The van der Waals surface area contributed by atoms with Crippen molar-refractivity contribution in [3.63, 3.8) is 0 Å². The van der Waals surface area contributed by atoms with Crippen molar-refractivity contribution in [1.82, 2.24) is 15.5 Å². The Balaban J connectivity index is 1.54. The van der Waals surface area contributed by atoms with Crippen molar-refractivity contribution in [3.05, 3.63) is 5.89 Å². The molecule has 0 amide bonds. The van der Waals surface area contributed by atoms with E-state index < -0.39 is 0 Å². The zero-order valence-electron chi connectivity index (χ0n) is 12.5. The van der Waals surface area contributed by atoms with Gasteiger partial charge in [0.2, 0.25) is 5.89 Å². The molecule has 1 saturated carbocycles. The first-order valence-electron chi connectivity index (χ1n) is 7.47. The molecule has 1 saturated heterocycles. The van der Waals surface area contributed by atoms with Gasteiger partial charge in [0.05, 0.1) is 18.7 Å². The van der Waals surface area contributed by atoms with Gasteiger partial charge in [0.15, 0.2) is 0 Å². The van der Waals surface area contributed by atoms with E-state index in [1.165, 1.54) is 12.8 Å². The number of aromatic nitrogens is 2. The molecule has 1 aliphatic heterocycles. The first-order valence-corrected chi connectivity index (χ1v) is 7.47. The van der Waals surface area contributed by atoms with Crippen molar-refractivity contribution in [2.45, 2.75) is 64.3 Å². The van der Waals surface area contributed by atoms with Gasteiger partial charge in [-0.3, -0.25) is 0 Å². The highest BCUT2D eigenvalue weighted by Crippen LogP contribution is 2.39. The van der Waals surface area contributed by atoms with Gasteiger partial charge in [-0.25, -0.2) is 0 Å². The molecule has 0 bridgehead atoms. The molecule has 3 rings (SSSR count). The van der Waals surface area contributed by atoms with Crippen molar-refractivity contribution < 1.29 is 9.15 Å². The molecule has 1 aromatic rings. The second kappa shape index (κ2) is 5.33. The van der Waals surface area contributed by atoms with Gasteiger partial charge in [-0.05, 0) is 46.0 Å². The molecule has 2 N–H and O–H groups in total. The maximum Gasteiger partial charge on any atom is 0.315 e. The molecule has 6 heteroatoms. The Bertz CT molecular complexity index is 450. The van der Waals surface area contributed by atoms with E-state index in [2.05, 4.69) is 41.6 Å². The third-order valence-electron chi connectivity index (χ3n) is 3.77. The van der Waals surface area contributed by atoms with Crippen LogP contribution < -0.4 is 10.6 Å². The van der Waals surface area contributed by atoms with Crippen molar-refractivity contribution in [2.75, 3.05) is 11.9 Å². The molecule has 0 aromatic carbocycles. The van der Waals surface area contributed by atoms with Gasteiger partial charge in [-0.15, -0.1) is 5.10 Å². The van der Waals surface area contributed by atoms with Crippen LogP contribution in [0.5, 0.6) is 0 Å². The summed E-state index contributed by atoms with van der Waals surface area (Å²) in [7, 11) is 0. The van der Waals surface area contributed by atoms with Crippen LogP contribution in [-0.2, 0) is 11.3 Å². The van der Waals surface area contributed by atoms with Gasteiger partial charge in [-0.2, -0.15) is 0 Å². The number of nitrogens with zero attached hydrogens (tertiary/aromatic N) is 2. The highest BCUT2D eigenvalue weighted by atomic mass is 16.5. The van der Waals surface area contributed by atoms with Gasteiger partial charge < -0.3 is 19.8 Å². The summed E-state index contributed by atoms with van der Waals surface area (Å²) in [6, 6.07) is 0.822. The van der Waals surface area contributed by atoms with E-state index in [4.69, 9.17) is 9.15 Å². The number of ether oxygens (including phenoxy) is 1. The van der Waals surface area contributed by atoms with Gasteiger partial charge in [0.1, 0.15) is 0 Å². The molecule has 112 valence electrons. The first kappa shape index (κ1) is 13.8. The van der Waals surface area contributed by atoms with E-state index >= 15 is 0 Å². The molecule has 0 spiro atoms. The predicted octanol–water partition coefficient (Wildman–Crippen LogP) is 1.94. The smallest absolute Gasteiger partial charge is 0.315 e. The maximum atomic E-state index is 5.80. The maximum absolute atomic E-state index is 5.80. The first-order chi connectivity index (χ1) is 9.51. The molecule has 2 unspecified atom stereocenters. The highest BCUT2D eigenvalue weighted by molar-refractivity contribution is 5.22. The summed E-state index contributed by atoms with van der Waals surface area (Å²) < 4.78 is 11.4. The Labute approximate surface area is 119 Å². The van der Waals surface area contributed by atoms with Crippen LogP contribution in [0.4, 0.5) is 6.01 Å². The second-order valence-electron chi connectivity index (χ2n) is 6.82. The molecular weight excluding hydrogens is 256 g/mol. The average molecular weight is 280 g/mol. The highest BCUT2D eigenvalue weighted by Gasteiger charge is 2.41. The lowest BCUT2D eigenvalue weighted by Gasteiger charge is -2.19. The average Bonchev–Trinajstić information content (AvgIpc) is 2.95. The van der Waals surface area contributed by atoms with Crippen LogP contribution >= 0.6 is 0 Å². The van der Waals surface area contributed by atoms with Crippen LogP contribution in [0, 0.1) is 5.92 Å². The van der Waals surface area contributed by atoms with E-state index in [0.717, 1.165) is 18.9 Å². The van der Waals surface area contributed by atoms with Crippen molar-refractivity contribution in [1.29, 1.82) is 0 Å². The van der Waals surface area contributed by atoms with E-state index in [1.54, 1.807) is 0 Å². The van der Waals surface area contributed by atoms with Crippen LogP contribution in [0.2, 0.25) is 0 Å². The zero-order valence-corrected chi connectivity index (χ0v) is 12.5. The Hall–Kier alpha value is -1.14. The lowest BCUT2D eigenvalue weighted by Crippen LogP contribution is -2.35. The van der Waals surface area contributed by atoms with E-state index in [1.807, 2.05) is 0 Å². The summed E-state index contributed by atoms with van der Waals surface area (Å²) in [6.07, 6.45) is 3.90. The van der Waals surface area contributed by atoms with Crippen LogP contribution in [0.15, 0.2) is 4.42 Å². The molecule has 6 nitrogen and oxygen atoms in total. The number of hydrogen-bond acceptors (Lipinski definition) is 6. The van der Waals surface area contributed by atoms with Crippen LogP contribution in [0.3, 0.4) is 0 Å². The monoisotopic (exact) mass is 280 g/mol. The van der Waals surface area contributed by atoms with E-state index in [-0.39, 0.29) is 5.54 Å². The summed E-state index contributed by atoms with van der Waals surface area (Å²) in [5, 5.41) is 14.8. The van der Waals surface area contributed by atoms with Crippen LogP contribution in [-0.4, -0.2) is 34.5 Å². The molecule has 2 aliphatic rings. The third-order valence-corrected chi connectivity index (χ3v) is 3.77. The molecule has 1 aliphatic carbocycles. The molecule has 2 atom stereocenters. The minimum atomic E-state index is 0.0401. The van der Waals surface area contributed by atoms with Crippen molar-refractivity contribution >= 4 is 6.01 Å². The minimum Gasteiger partial charge on any atom is -0.407 e. The predicted molar refractivity (Wildman–Crippen MR) is 75.4 cm³/mol. The molecule has 1 aromatic heterocycles. The van der Waals surface area contributed by atoms with Crippen LogP contribution in [0.25, 0.3) is 0 Å². The molecule has 2 fully saturated rings.